The Balaban J connectivity index is 2.99. The lowest BCUT2D eigenvalue weighted by Crippen LogP contribution is -2.37. The lowest BCUT2D eigenvalue weighted by Gasteiger charge is -2.07. The topological polar surface area (TPSA) is 83.5 Å². The van der Waals surface area contributed by atoms with E-state index in [0.717, 1.165) is 11.3 Å². The third-order valence-corrected chi connectivity index (χ3v) is 5.37. The van der Waals surface area contributed by atoms with Crippen molar-refractivity contribution in [1.82, 2.24) is 4.72 Å². The molecule has 90 valence electrons. The predicted molar refractivity (Wildman–Crippen MR) is 61.5 cm³/mol. The molecule has 0 saturated carbocycles. The molecule has 0 saturated heterocycles. The number of carboxylic acids is 1. The van der Waals surface area contributed by atoms with Crippen LogP contribution in [0.5, 0.6) is 0 Å². The van der Waals surface area contributed by atoms with Crippen LogP contribution in [0.4, 0.5) is 0 Å². The third-order valence-electron chi connectivity index (χ3n) is 1.80. The second-order valence-electron chi connectivity index (χ2n) is 3.20. The second-order valence-corrected chi connectivity index (χ2v) is 6.80. The maximum absolute atomic E-state index is 11.7. The molecule has 0 aliphatic heterocycles. The molecular formula is C8H10ClNO4S2. The number of sulfonamides is 1. The molecule has 5 nitrogen and oxygen atoms in total. The van der Waals surface area contributed by atoms with Gasteiger partial charge in [0.1, 0.15) is 10.3 Å². The van der Waals surface area contributed by atoms with Crippen molar-refractivity contribution in [3.8, 4) is 0 Å². The van der Waals surface area contributed by atoms with Gasteiger partial charge in [-0.25, -0.2) is 8.42 Å². The molecule has 1 rings (SSSR count). The molecule has 8 heteroatoms. The second kappa shape index (κ2) is 4.70. The minimum atomic E-state index is -3.80. The van der Waals surface area contributed by atoms with Gasteiger partial charge in [0.05, 0.1) is 4.34 Å². The summed E-state index contributed by atoms with van der Waals surface area (Å²) in [6, 6.07) is 0.232. The Hall–Kier alpha value is -0.630. The van der Waals surface area contributed by atoms with Crippen molar-refractivity contribution >= 4 is 38.9 Å². The van der Waals surface area contributed by atoms with Crippen LogP contribution >= 0.6 is 22.9 Å². The van der Waals surface area contributed by atoms with Gasteiger partial charge in [-0.3, -0.25) is 4.79 Å². The molecule has 2 N–H and O–H groups in total. The number of aliphatic carboxylic acids is 1. The Bertz CT molecular complexity index is 489. The standard InChI is InChI=1S/C8H10ClNO4S2/c1-4-3-6(15-7(4)9)16(13,14)10-5(2)8(11)12/h3,5,10H,1-2H3,(H,11,12)/t5-/m0/s1. The van der Waals surface area contributed by atoms with E-state index in [1.807, 2.05) is 4.72 Å². The Morgan fingerprint density at radius 2 is 2.19 bits per heavy atom. The fraction of sp³-hybridized carbons (Fsp3) is 0.375. The van der Waals surface area contributed by atoms with Crippen LogP contribution < -0.4 is 4.72 Å². The number of carboxylic acid groups (broad SMARTS) is 1. The minimum absolute atomic E-state index is 0.0168. The van der Waals surface area contributed by atoms with Gasteiger partial charge in [-0.15, -0.1) is 11.3 Å². The molecule has 0 spiro atoms. The number of hydrogen-bond donors (Lipinski definition) is 2. The number of hydrogen-bond acceptors (Lipinski definition) is 4. The Morgan fingerprint density at radius 3 is 2.56 bits per heavy atom. The largest absolute Gasteiger partial charge is 0.480 e. The van der Waals surface area contributed by atoms with Crippen molar-refractivity contribution < 1.29 is 18.3 Å². The molecule has 1 aromatic heterocycles. The predicted octanol–water partition coefficient (Wildman–Crippen LogP) is 1.46. The molecule has 0 aliphatic rings. The third kappa shape index (κ3) is 2.94. The van der Waals surface area contributed by atoms with Gasteiger partial charge in [0.2, 0.25) is 0 Å². The molecule has 0 fully saturated rings. The Kier molecular flexibility index (Phi) is 3.95. The van der Waals surface area contributed by atoms with Gasteiger partial charge in [-0.2, -0.15) is 4.72 Å². The minimum Gasteiger partial charge on any atom is -0.480 e. The van der Waals surface area contributed by atoms with E-state index < -0.39 is 22.0 Å². The molecule has 0 unspecified atom stereocenters. The van der Waals surface area contributed by atoms with Gasteiger partial charge < -0.3 is 5.11 Å². The summed E-state index contributed by atoms with van der Waals surface area (Å²) < 4.78 is 25.8. The molecular weight excluding hydrogens is 274 g/mol. The van der Waals surface area contributed by atoms with Crippen molar-refractivity contribution in [2.75, 3.05) is 0 Å². The van der Waals surface area contributed by atoms with Crippen LogP contribution in [0.25, 0.3) is 0 Å². The molecule has 0 radical (unpaired) electrons. The number of rotatable bonds is 4. The van der Waals surface area contributed by atoms with E-state index in [4.69, 9.17) is 16.7 Å². The zero-order valence-corrected chi connectivity index (χ0v) is 10.9. The lowest BCUT2D eigenvalue weighted by molar-refractivity contribution is -0.138. The molecule has 1 atom stereocenters. The highest BCUT2D eigenvalue weighted by Crippen LogP contribution is 2.29. The van der Waals surface area contributed by atoms with Gasteiger partial charge in [-0.1, -0.05) is 11.6 Å². The fourth-order valence-electron chi connectivity index (χ4n) is 0.905. The molecule has 0 amide bonds. The summed E-state index contributed by atoms with van der Waals surface area (Å²) >= 11 is 6.64. The molecule has 1 heterocycles. The van der Waals surface area contributed by atoms with E-state index in [0.29, 0.717) is 9.90 Å². The van der Waals surface area contributed by atoms with E-state index in [9.17, 15) is 13.2 Å². The smallest absolute Gasteiger partial charge is 0.321 e. The van der Waals surface area contributed by atoms with Crippen LogP contribution in [0.1, 0.15) is 12.5 Å². The number of nitrogens with one attached hydrogen (secondary N) is 1. The molecule has 0 bridgehead atoms. The van der Waals surface area contributed by atoms with Crippen LogP contribution in [-0.4, -0.2) is 25.5 Å². The number of thiophene rings is 1. The fourth-order valence-corrected chi connectivity index (χ4v) is 3.83. The summed E-state index contributed by atoms with van der Waals surface area (Å²) in [5.74, 6) is -1.23. The van der Waals surface area contributed by atoms with Crippen molar-refractivity contribution in [3.05, 3.63) is 16.0 Å². The highest BCUT2D eigenvalue weighted by molar-refractivity contribution is 7.91. The maximum Gasteiger partial charge on any atom is 0.321 e. The van der Waals surface area contributed by atoms with E-state index in [1.165, 1.54) is 13.0 Å². The van der Waals surface area contributed by atoms with E-state index in [1.54, 1.807) is 6.92 Å². The average molecular weight is 284 g/mol. The van der Waals surface area contributed by atoms with Crippen LogP contribution in [0.3, 0.4) is 0 Å². The summed E-state index contributed by atoms with van der Waals surface area (Å²) in [6.07, 6.45) is 0. The van der Waals surface area contributed by atoms with Crippen molar-refractivity contribution in [2.45, 2.75) is 24.1 Å². The summed E-state index contributed by atoms with van der Waals surface area (Å²) in [4.78, 5) is 10.5. The molecule has 16 heavy (non-hydrogen) atoms. The van der Waals surface area contributed by atoms with E-state index in [2.05, 4.69) is 0 Å². The first-order chi connectivity index (χ1) is 7.24. The van der Waals surface area contributed by atoms with Crippen LogP contribution in [0.2, 0.25) is 4.34 Å². The number of aryl methyl sites for hydroxylation is 1. The van der Waals surface area contributed by atoms with Crippen molar-refractivity contribution in [3.63, 3.8) is 0 Å². The molecule has 1 aromatic rings. The first-order valence-corrected chi connectivity index (χ1v) is 6.93. The monoisotopic (exact) mass is 283 g/mol. The summed E-state index contributed by atoms with van der Waals surface area (Å²) in [7, 11) is -3.80. The summed E-state index contributed by atoms with van der Waals surface area (Å²) in [5, 5.41) is 8.60. The van der Waals surface area contributed by atoms with E-state index in [-0.39, 0.29) is 4.21 Å². The van der Waals surface area contributed by atoms with Gasteiger partial charge in [-0.05, 0) is 25.5 Å². The summed E-state index contributed by atoms with van der Waals surface area (Å²) in [6.45, 7) is 2.93. The quantitative estimate of drug-likeness (QED) is 0.876. The Labute approximate surface area is 102 Å². The molecule has 0 aromatic carbocycles. The highest BCUT2D eigenvalue weighted by Gasteiger charge is 2.23. The highest BCUT2D eigenvalue weighted by atomic mass is 35.5. The first-order valence-electron chi connectivity index (χ1n) is 4.25. The van der Waals surface area contributed by atoms with Crippen LogP contribution in [0.15, 0.2) is 10.3 Å². The van der Waals surface area contributed by atoms with E-state index >= 15 is 0 Å². The van der Waals surface area contributed by atoms with Crippen LogP contribution in [-0.2, 0) is 14.8 Å². The average Bonchev–Trinajstić information content (AvgIpc) is 2.47. The Morgan fingerprint density at radius 1 is 1.62 bits per heavy atom. The van der Waals surface area contributed by atoms with Crippen molar-refractivity contribution in [1.29, 1.82) is 0 Å². The van der Waals surface area contributed by atoms with Gasteiger partial charge in [0, 0.05) is 0 Å². The van der Waals surface area contributed by atoms with Gasteiger partial charge in [0.25, 0.3) is 10.0 Å². The van der Waals surface area contributed by atoms with Crippen molar-refractivity contribution in [2.24, 2.45) is 0 Å². The number of halogens is 1. The van der Waals surface area contributed by atoms with Crippen LogP contribution in [0, 0.1) is 6.92 Å². The summed E-state index contributed by atoms with van der Waals surface area (Å²) in [5.41, 5.74) is 0.648. The zero-order chi connectivity index (χ0) is 12.5. The van der Waals surface area contributed by atoms with Gasteiger partial charge in [0.15, 0.2) is 0 Å². The molecule has 0 aliphatic carbocycles. The first kappa shape index (κ1) is 13.4. The normalized spacial score (nSPS) is 13.7. The van der Waals surface area contributed by atoms with Gasteiger partial charge >= 0.3 is 5.97 Å². The number of carbonyl (C=O) groups is 1. The lowest BCUT2D eigenvalue weighted by atomic mass is 10.4. The zero-order valence-electron chi connectivity index (χ0n) is 8.52. The SMILES string of the molecule is Cc1cc(S(=O)(=O)N[C@@H](C)C(=O)O)sc1Cl. The maximum atomic E-state index is 11.7.